The van der Waals surface area contributed by atoms with Gasteiger partial charge in [-0.25, -0.2) is 13.2 Å². The fourth-order valence-electron chi connectivity index (χ4n) is 4.29. The molecule has 0 N–H and O–H groups in total. The van der Waals surface area contributed by atoms with E-state index in [2.05, 4.69) is 9.88 Å². The first kappa shape index (κ1) is 24.7. The summed E-state index contributed by atoms with van der Waals surface area (Å²) in [6, 6.07) is 15.0. The van der Waals surface area contributed by atoms with Crippen molar-refractivity contribution in [3.05, 3.63) is 83.7 Å². The summed E-state index contributed by atoms with van der Waals surface area (Å²) < 4.78 is 39.7. The first-order chi connectivity index (χ1) is 16.9. The number of para-hydroxylation sites is 1. The van der Waals surface area contributed by atoms with Crippen LogP contribution in [-0.2, 0) is 27.8 Å². The number of likely N-dealkylation sites (tertiary alicyclic amines) is 1. The number of aromatic nitrogens is 1. The molecular weight excluding hydrogens is 466 g/mol. The minimum absolute atomic E-state index is 0.00318. The van der Waals surface area contributed by atoms with Crippen LogP contribution in [0.1, 0.15) is 34.3 Å². The first-order valence-electron chi connectivity index (χ1n) is 11.4. The van der Waals surface area contributed by atoms with Gasteiger partial charge in [0.05, 0.1) is 36.9 Å². The van der Waals surface area contributed by atoms with E-state index < -0.39 is 16.0 Å². The van der Waals surface area contributed by atoms with Crippen LogP contribution in [0.2, 0.25) is 0 Å². The molecule has 0 atom stereocenters. The highest BCUT2D eigenvalue weighted by molar-refractivity contribution is 7.92. The van der Waals surface area contributed by atoms with Crippen LogP contribution in [0.5, 0.6) is 5.75 Å². The Morgan fingerprint density at radius 3 is 2.40 bits per heavy atom. The third kappa shape index (κ3) is 5.47. The molecule has 184 valence electrons. The summed E-state index contributed by atoms with van der Waals surface area (Å²) in [5.41, 5.74) is 1.96. The third-order valence-electron chi connectivity index (χ3n) is 6.06. The van der Waals surface area contributed by atoms with Gasteiger partial charge in [-0.2, -0.15) is 0 Å². The van der Waals surface area contributed by atoms with Crippen LogP contribution in [0, 0.1) is 0 Å². The van der Waals surface area contributed by atoms with Crippen LogP contribution < -0.4 is 9.04 Å². The number of anilines is 1. The van der Waals surface area contributed by atoms with E-state index in [0.717, 1.165) is 31.5 Å². The molecule has 8 nitrogen and oxygen atoms in total. The van der Waals surface area contributed by atoms with Gasteiger partial charge in [0.2, 0.25) is 0 Å². The molecule has 2 heterocycles. The lowest BCUT2D eigenvalue weighted by Gasteiger charge is -2.29. The fraction of sp³-hybridized carbons (Fsp3) is 0.308. The molecule has 1 fully saturated rings. The van der Waals surface area contributed by atoms with Crippen LogP contribution >= 0.6 is 0 Å². The van der Waals surface area contributed by atoms with E-state index in [1.807, 2.05) is 12.1 Å². The minimum atomic E-state index is -4.07. The molecule has 2 aromatic carbocycles. The monoisotopic (exact) mass is 495 g/mol. The van der Waals surface area contributed by atoms with Gasteiger partial charge in [0.25, 0.3) is 10.0 Å². The molecule has 4 rings (SSSR count). The van der Waals surface area contributed by atoms with Crippen LogP contribution in [0.4, 0.5) is 5.69 Å². The summed E-state index contributed by atoms with van der Waals surface area (Å²) in [5.74, 6) is -0.0446. The molecule has 1 aliphatic heterocycles. The molecule has 0 radical (unpaired) electrons. The fourth-order valence-corrected chi connectivity index (χ4v) is 5.80. The number of ether oxygens (including phenoxy) is 2. The topological polar surface area (TPSA) is 89.0 Å². The van der Waals surface area contributed by atoms with E-state index in [1.54, 1.807) is 42.7 Å². The number of nitrogens with zero attached hydrogens (tertiary/aromatic N) is 3. The molecule has 0 bridgehead atoms. The van der Waals surface area contributed by atoms with Crippen molar-refractivity contribution in [1.29, 1.82) is 0 Å². The summed E-state index contributed by atoms with van der Waals surface area (Å²) in [7, 11) is -1.26. The van der Waals surface area contributed by atoms with Crippen LogP contribution in [-0.4, -0.2) is 51.6 Å². The van der Waals surface area contributed by atoms with Crippen molar-refractivity contribution < 1.29 is 22.7 Å². The molecule has 35 heavy (non-hydrogen) atoms. The molecule has 3 aromatic rings. The molecule has 0 amide bonds. The van der Waals surface area contributed by atoms with Gasteiger partial charge in [-0.15, -0.1) is 0 Å². The highest BCUT2D eigenvalue weighted by Gasteiger charge is 2.32. The lowest BCUT2D eigenvalue weighted by molar-refractivity contribution is 0.0601. The minimum Gasteiger partial charge on any atom is -0.497 e. The second kappa shape index (κ2) is 10.9. The van der Waals surface area contributed by atoms with Crippen LogP contribution in [0.3, 0.4) is 0 Å². The average Bonchev–Trinajstić information content (AvgIpc) is 3.40. The van der Waals surface area contributed by atoms with Gasteiger partial charge in [-0.05, 0) is 73.5 Å². The zero-order valence-electron chi connectivity index (χ0n) is 19.9. The molecule has 0 spiro atoms. The Morgan fingerprint density at radius 2 is 1.77 bits per heavy atom. The van der Waals surface area contributed by atoms with Gasteiger partial charge < -0.3 is 9.47 Å². The number of sulfonamides is 1. The standard InChI is InChI=1S/C26H29N3O5S/c1-33-22-10-12-23(13-11-22)35(31,32)29(18-20-7-6-14-27-17-20)25-21(19-28-15-3-4-16-28)8-5-9-24(25)26(30)34-2/h5-14,17H,3-4,15-16,18-19H2,1-2H3. The summed E-state index contributed by atoms with van der Waals surface area (Å²) >= 11 is 0. The largest absolute Gasteiger partial charge is 0.497 e. The Hall–Kier alpha value is -3.43. The number of rotatable bonds is 9. The first-order valence-corrected chi connectivity index (χ1v) is 12.9. The van der Waals surface area contributed by atoms with E-state index in [0.29, 0.717) is 23.5 Å². The second-order valence-electron chi connectivity index (χ2n) is 8.34. The Balaban J connectivity index is 1.89. The number of carbonyl (C=O) groups is 1. The van der Waals surface area contributed by atoms with E-state index in [9.17, 15) is 13.2 Å². The maximum absolute atomic E-state index is 14.1. The van der Waals surface area contributed by atoms with Crippen molar-refractivity contribution in [2.24, 2.45) is 0 Å². The molecule has 1 aromatic heterocycles. The van der Waals surface area contributed by atoms with Crippen LogP contribution in [0.15, 0.2) is 71.9 Å². The number of benzene rings is 2. The van der Waals surface area contributed by atoms with Crippen molar-refractivity contribution in [3.63, 3.8) is 0 Å². The quantitative estimate of drug-likeness (QED) is 0.416. The van der Waals surface area contributed by atoms with Gasteiger partial charge >= 0.3 is 5.97 Å². The molecule has 0 unspecified atom stereocenters. The van der Waals surface area contributed by atoms with E-state index in [4.69, 9.17) is 9.47 Å². The molecule has 1 aliphatic rings. The molecule has 9 heteroatoms. The molecule has 0 aliphatic carbocycles. The van der Waals surface area contributed by atoms with Crippen LogP contribution in [0.25, 0.3) is 0 Å². The lowest BCUT2D eigenvalue weighted by atomic mass is 10.1. The van der Waals surface area contributed by atoms with Crippen molar-refractivity contribution >= 4 is 21.7 Å². The Bertz CT molecular complexity index is 1260. The number of hydrogen-bond donors (Lipinski definition) is 0. The Kier molecular flexibility index (Phi) is 7.67. The predicted octanol–water partition coefficient (Wildman–Crippen LogP) is 3.87. The lowest BCUT2D eigenvalue weighted by Crippen LogP contribution is -2.34. The van der Waals surface area contributed by atoms with Gasteiger partial charge in [0.1, 0.15) is 5.75 Å². The van der Waals surface area contributed by atoms with Crippen molar-refractivity contribution in [1.82, 2.24) is 9.88 Å². The molecule has 1 saturated heterocycles. The maximum Gasteiger partial charge on any atom is 0.340 e. The smallest absolute Gasteiger partial charge is 0.340 e. The van der Waals surface area contributed by atoms with Gasteiger partial charge in [-0.1, -0.05) is 18.2 Å². The highest BCUT2D eigenvalue weighted by Crippen LogP contribution is 2.34. The molecular formula is C26H29N3O5S. The Labute approximate surface area is 206 Å². The summed E-state index contributed by atoms with van der Waals surface area (Å²) in [4.78, 5) is 19.3. The number of hydrogen-bond acceptors (Lipinski definition) is 7. The average molecular weight is 496 g/mol. The summed E-state index contributed by atoms with van der Waals surface area (Å²) in [6.07, 6.45) is 5.44. The van der Waals surface area contributed by atoms with E-state index in [1.165, 1.54) is 30.7 Å². The number of pyridine rings is 1. The van der Waals surface area contributed by atoms with Crippen molar-refractivity contribution in [3.8, 4) is 5.75 Å². The number of esters is 1. The van der Waals surface area contributed by atoms with E-state index in [-0.39, 0.29) is 17.0 Å². The summed E-state index contributed by atoms with van der Waals surface area (Å²) in [6.45, 7) is 2.39. The zero-order valence-corrected chi connectivity index (χ0v) is 20.7. The third-order valence-corrected chi connectivity index (χ3v) is 7.82. The number of methoxy groups -OCH3 is 2. The molecule has 0 saturated carbocycles. The summed E-state index contributed by atoms with van der Waals surface area (Å²) in [5, 5.41) is 0. The van der Waals surface area contributed by atoms with Crippen molar-refractivity contribution in [2.45, 2.75) is 30.8 Å². The highest BCUT2D eigenvalue weighted by atomic mass is 32.2. The van der Waals surface area contributed by atoms with Gasteiger partial charge in [0.15, 0.2) is 0 Å². The zero-order chi connectivity index (χ0) is 24.8. The maximum atomic E-state index is 14.1. The second-order valence-corrected chi connectivity index (χ2v) is 10.2. The predicted molar refractivity (Wildman–Crippen MR) is 133 cm³/mol. The van der Waals surface area contributed by atoms with Gasteiger partial charge in [-0.3, -0.25) is 14.2 Å². The Morgan fingerprint density at radius 1 is 1.03 bits per heavy atom. The van der Waals surface area contributed by atoms with E-state index >= 15 is 0 Å². The van der Waals surface area contributed by atoms with Gasteiger partial charge in [0, 0.05) is 18.9 Å². The SMILES string of the molecule is COC(=O)c1cccc(CN2CCCC2)c1N(Cc1cccnc1)S(=O)(=O)c1ccc(OC)cc1. The van der Waals surface area contributed by atoms with Crippen molar-refractivity contribution in [2.75, 3.05) is 31.6 Å². The number of carbonyl (C=O) groups excluding carboxylic acids is 1. The normalized spacial score (nSPS) is 14.0.